The van der Waals surface area contributed by atoms with Crippen LogP contribution in [0.15, 0.2) is 30.3 Å². The van der Waals surface area contributed by atoms with Crippen LogP contribution in [0.4, 0.5) is 0 Å². The molecule has 0 spiro atoms. The maximum atomic E-state index is 5.74. The van der Waals surface area contributed by atoms with Crippen molar-refractivity contribution in [2.75, 3.05) is 6.54 Å². The van der Waals surface area contributed by atoms with Crippen LogP contribution in [0, 0.1) is 13.8 Å². The summed E-state index contributed by atoms with van der Waals surface area (Å²) >= 11 is 0. The van der Waals surface area contributed by atoms with E-state index >= 15 is 0 Å². The molecule has 1 atom stereocenters. The van der Waals surface area contributed by atoms with Crippen molar-refractivity contribution in [3.8, 4) is 11.4 Å². The van der Waals surface area contributed by atoms with Gasteiger partial charge in [-0.2, -0.15) is 0 Å². The van der Waals surface area contributed by atoms with Crippen molar-refractivity contribution >= 4 is 0 Å². The van der Waals surface area contributed by atoms with E-state index in [0.29, 0.717) is 12.5 Å². The lowest BCUT2D eigenvalue weighted by molar-refractivity contribution is 0.744. The molecule has 0 aliphatic rings. The van der Waals surface area contributed by atoms with Gasteiger partial charge in [-0.3, -0.25) is 0 Å². The van der Waals surface area contributed by atoms with E-state index in [-0.39, 0.29) is 0 Å². The first-order valence-electron chi connectivity index (χ1n) is 6.24. The second-order valence-corrected chi connectivity index (χ2v) is 4.63. The number of nitrogens with two attached hydrogens (primary N) is 1. The van der Waals surface area contributed by atoms with Gasteiger partial charge in [0, 0.05) is 17.0 Å². The van der Waals surface area contributed by atoms with Gasteiger partial charge in [0.25, 0.3) is 0 Å². The molecule has 0 amide bonds. The zero-order valence-electron chi connectivity index (χ0n) is 11.1. The molecule has 2 rings (SSSR count). The quantitative estimate of drug-likeness (QED) is 0.899. The van der Waals surface area contributed by atoms with E-state index in [1.54, 1.807) is 0 Å². The molecule has 3 heteroatoms. The fraction of sp³-hybridized carbons (Fsp3) is 0.333. The van der Waals surface area contributed by atoms with Crippen LogP contribution in [0.1, 0.15) is 29.8 Å². The van der Waals surface area contributed by atoms with Crippen molar-refractivity contribution in [3.63, 3.8) is 0 Å². The minimum atomic E-state index is 0.301. The Labute approximate surface area is 108 Å². The van der Waals surface area contributed by atoms with Crippen LogP contribution >= 0.6 is 0 Å². The van der Waals surface area contributed by atoms with E-state index in [0.717, 1.165) is 22.8 Å². The van der Waals surface area contributed by atoms with Gasteiger partial charge in [0.1, 0.15) is 0 Å². The van der Waals surface area contributed by atoms with Gasteiger partial charge >= 0.3 is 0 Å². The van der Waals surface area contributed by atoms with E-state index in [1.807, 2.05) is 44.2 Å². The second-order valence-electron chi connectivity index (χ2n) is 4.63. The minimum absolute atomic E-state index is 0.301. The zero-order chi connectivity index (χ0) is 13.1. The maximum Gasteiger partial charge on any atom is 0.159 e. The smallest absolute Gasteiger partial charge is 0.159 e. The molecule has 1 aromatic carbocycles. The molecule has 0 fully saturated rings. The molecule has 94 valence electrons. The third-order valence-electron chi connectivity index (χ3n) is 3.21. The Morgan fingerprint density at radius 3 is 2.11 bits per heavy atom. The van der Waals surface area contributed by atoms with Crippen LogP contribution in [0.2, 0.25) is 0 Å². The molecule has 2 N–H and O–H groups in total. The lowest BCUT2D eigenvalue weighted by atomic mass is 9.98. The monoisotopic (exact) mass is 241 g/mol. The number of rotatable bonds is 3. The lowest BCUT2D eigenvalue weighted by Crippen LogP contribution is -2.14. The molecule has 2 aromatic rings. The summed E-state index contributed by atoms with van der Waals surface area (Å²) in [5.41, 5.74) is 10.0. The number of hydrogen-bond acceptors (Lipinski definition) is 3. The summed E-state index contributed by atoms with van der Waals surface area (Å²) in [6.07, 6.45) is 0. The highest BCUT2D eigenvalue weighted by Gasteiger charge is 2.14. The first-order valence-corrected chi connectivity index (χ1v) is 6.24. The van der Waals surface area contributed by atoms with Crippen molar-refractivity contribution in [2.24, 2.45) is 5.73 Å². The summed E-state index contributed by atoms with van der Waals surface area (Å²) in [6, 6.07) is 10.0. The van der Waals surface area contributed by atoms with E-state index in [9.17, 15) is 0 Å². The normalized spacial score (nSPS) is 12.4. The highest BCUT2D eigenvalue weighted by molar-refractivity contribution is 5.55. The fourth-order valence-corrected chi connectivity index (χ4v) is 2.27. The van der Waals surface area contributed by atoms with Crippen LogP contribution in [-0.2, 0) is 0 Å². The van der Waals surface area contributed by atoms with Crippen molar-refractivity contribution in [3.05, 3.63) is 47.3 Å². The van der Waals surface area contributed by atoms with E-state index in [2.05, 4.69) is 16.9 Å². The van der Waals surface area contributed by atoms with Crippen LogP contribution in [-0.4, -0.2) is 16.5 Å². The molecule has 0 radical (unpaired) electrons. The first-order chi connectivity index (χ1) is 8.63. The Hall–Kier alpha value is -1.74. The molecule has 0 saturated carbocycles. The second kappa shape index (κ2) is 5.27. The topological polar surface area (TPSA) is 51.8 Å². The van der Waals surface area contributed by atoms with Crippen LogP contribution in [0.3, 0.4) is 0 Å². The average molecular weight is 241 g/mol. The summed E-state index contributed by atoms with van der Waals surface area (Å²) in [7, 11) is 0. The van der Waals surface area contributed by atoms with Gasteiger partial charge in [-0.1, -0.05) is 37.3 Å². The molecule has 18 heavy (non-hydrogen) atoms. The summed E-state index contributed by atoms with van der Waals surface area (Å²) < 4.78 is 0. The van der Waals surface area contributed by atoms with Crippen LogP contribution in [0.25, 0.3) is 11.4 Å². The first kappa shape index (κ1) is 12.7. The predicted molar refractivity (Wildman–Crippen MR) is 74.4 cm³/mol. The van der Waals surface area contributed by atoms with Crippen molar-refractivity contribution in [1.82, 2.24) is 9.97 Å². The van der Waals surface area contributed by atoms with Gasteiger partial charge in [-0.25, -0.2) is 9.97 Å². The predicted octanol–water partition coefficient (Wildman–Crippen LogP) is 2.82. The van der Waals surface area contributed by atoms with Gasteiger partial charge in [0.2, 0.25) is 0 Å². The van der Waals surface area contributed by atoms with E-state index < -0.39 is 0 Å². The van der Waals surface area contributed by atoms with Crippen LogP contribution < -0.4 is 5.73 Å². The molecule has 3 nitrogen and oxygen atoms in total. The third-order valence-corrected chi connectivity index (χ3v) is 3.21. The largest absolute Gasteiger partial charge is 0.330 e. The molecule has 1 aromatic heterocycles. The number of aromatic nitrogens is 2. The van der Waals surface area contributed by atoms with Gasteiger partial charge < -0.3 is 5.73 Å². The van der Waals surface area contributed by atoms with E-state index in [1.165, 1.54) is 5.56 Å². The molecule has 1 heterocycles. The van der Waals surface area contributed by atoms with Gasteiger partial charge in [0.05, 0.1) is 0 Å². The maximum absolute atomic E-state index is 5.74. The Morgan fingerprint density at radius 2 is 1.61 bits per heavy atom. The lowest BCUT2D eigenvalue weighted by Gasteiger charge is -2.15. The fourth-order valence-electron chi connectivity index (χ4n) is 2.27. The Balaban J connectivity index is 2.49. The summed E-state index contributed by atoms with van der Waals surface area (Å²) in [5.74, 6) is 1.09. The summed E-state index contributed by atoms with van der Waals surface area (Å²) in [6.45, 7) is 6.79. The highest BCUT2D eigenvalue weighted by atomic mass is 14.9. The SMILES string of the molecule is Cc1nc(-c2ccccc2)nc(C)c1C(C)CN. The Bertz CT molecular complexity index is 512. The van der Waals surface area contributed by atoms with Gasteiger partial charge in [0.15, 0.2) is 5.82 Å². The number of benzene rings is 1. The third kappa shape index (κ3) is 2.41. The van der Waals surface area contributed by atoms with E-state index in [4.69, 9.17) is 5.73 Å². The van der Waals surface area contributed by atoms with Gasteiger partial charge in [-0.05, 0) is 31.9 Å². The highest BCUT2D eigenvalue weighted by Crippen LogP contribution is 2.23. The Kier molecular flexibility index (Phi) is 3.72. The molecular weight excluding hydrogens is 222 g/mol. The molecule has 0 saturated heterocycles. The standard InChI is InChI=1S/C15H19N3/c1-10(9-16)14-11(2)17-15(18-12(14)3)13-7-5-4-6-8-13/h4-8,10H,9,16H2,1-3H3. The van der Waals surface area contributed by atoms with Gasteiger partial charge in [-0.15, -0.1) is 0 Å². The number of aryl methyl sites for hydroxylation is 2. The zero-order valence-corrected chi connectivity index (χ0v) is 11.1. The number of hydrogen-bond donors (Lipinski definition) is 1. The molecule has 0 bridgehead atoms. The Morgan fingerprint density at radius 1 is 1.06 bits per heavy atom. The summed E-state index contributed by atoms with van der Waals surface area (Å²) in [4.78, 5) is 9.21. The van der Waals surface area contributed by atoms with Crippen molar-refractivity contribution < 1.29 is 0 Å². The molecular formula is C15H19N3. The van der Waals surface area contributed by atoms with Crippen molar-refractivity contribution in [2.45, 2.75) is 26.7 Å². The number of nitrogens with zero attached hydrogens (tertiary/aromatic N) is 2. The average Bonchev–Trinajstić information content (AvgIpc) is 2.38. The molecule has 1 unspecified atom stereocenters. The van der Waals surface area contributed by atoms with Crippen molar-refractivity contribution in [1.29, 1.82) is 0 Å². The molecule has 0 aliphatic heterocycles. The minimum Gasteiger partial charge on any atom is -0.330 e. The molecule has 0 aliphatic carbocycles. The van der Waals surface area contributed by atoms with Crippen LogP contribution in [0.5, 0.6) is 0 Å². The summed E-state index contributed by atoms with van der Waals surface area (Å²) in [5, 5.41) is 0.